The van der Waals surface area contributed by atoms with Crippen LogP contribution in [0, 0.1) is 5.92 Å². The summed E-state index contributed by atoms with van der Waals surface area (Å²) in [4.78, 5) is 12.7. The molecule has 0 rings (SSSR count). The van der Waals surface area contributed by atoms with Crippen LogP contribution in [0.2, 0.25) is 0 Å². The van der Waals surface area contributed by atoms with E-state index in [1.807, 2.05) is 6.08 Å². The Morgan fingerprint density at radius 2 is 1.43 bits per heavy atom. The summed E-state index contributed by atoms with van der Waals surface area (Å²) in [6.07, 6.45) is 21.1. The maximum atomic E-state index is 12.7. The highest BCUT2D eigenvalue weighted by Gasteiger charge is 2.39. The van der Waals surface area contributed by atoms with Crippen molar-refractivity contribution in [1.29, 1.82) is 0 Å². The molecule has 0 aromatic heterocycles. The normalized spacial score (nSPS) is 12.7. The quantitative estimate of drug-likeness (QED) is 0.117. The SMILES string of the molecule is C=CCCCCCCCCC(=O)OC(CCC)(CCC)C(CCC)CCCC. The third-order valence-corrected chi connectivity index (χ3v) is 5.99. The second kappa shape index (κ2) is 18.3. The third kappa shape index (κ3) is 11.9. The van der Waals surface area contributed by atoms with Gasteiger partial charge in [0.05, 0.1) is 0 Å². The van der Waals surface area contributed by atoms with Crippen molar-refractivity contribution < 1.29 is 9.53 Å². The monoisotopic (exact) mass is 394 g/mol. The lowest BCUT2D eigenvalue weighted by molar-refractivity contribution is -0.170. The molecule has 0 heterocycles. The number of unbranched alkanes of at least 4 members (excludes halogenated alkanes) is 7. The van der Waals surface area contributed by atoms with Crippen LogP contribution in [0.4, 0.5) is 0 Å². The molecule has 0 aliphatic rings. The molecular formula is C26H50O2. The highest BCUT2D eigenvalue weighted by atomic mass is 16.6. The largest absolute Gasteiger partial charge is 0.459 e. The molecule has 28 heavy (non-hydrogen) atoms. The molecule has 2 heteroatoms. The molecule has 2 nitrogen and oxygen atoms in total. The zero-order valence-corrected chi connectivity index (χ0v) is 19.7. The third-order valence-electron chi connectivity index (χ3n) is 5.99. The lowest BCUT2D eigenvalue weighted by Gasteiger charge is -2.41. The Hall–Kier alpha value is -0.790. The fourth-order valence-electron chi connectivity index (χ4n) is 4.58. The molecule has 0 spiro atoms. The van der Waals surface area contributed by atoms with E-state index in [-0.39, 0.29) is 11.6 Å². The van der Waals surface area contributed by atoms with Crippen molar-refractivity contribution in [1.82, 2.24) is 0 Å². The fraction of sp³-hybridized carbons (Fsp3) is 0.885. The highest BCUT2D eigenvalue weighted by Crippen LogP contribution is 2.39. The molecule has 0 amide bonds. The molecule has 0 saturated heterocycles. The topological polar surface area (TPSA) is 26.3 Å². The van der Waals surface area contributed by atoms with E-state index >= 15 is 0 Å². The van der Waals surface area contributed by atoms with Crippen LogP contribution in [0.15, 0.2) is 12.7 Å². The molecule has 0 bridgehead atoms. The Balaban J connectivity index is 4.66. The molecule has 0 aromatic carbocycles. The Bertz CT molecular complexity index is 369. The molecule has 166 valence electrons. The molecule has 1 atom stereocenters. The van der Waals surface area contributed by atoms with E-state index in [9.17, 15) is 4.79 Å². The summed E-state index contributed by atoms with van der Waals surface area (Å²) in [6.45, 7) is 12.8. The number of esters is 1. The van der Waals surface area contributed by atoms with Gasteiger partial charge in [-0.15, -0.1) is 6.58 Å². The molecule has 0 aromatic rings. The van der Waals surface area contributed by atoms with E-state index in [0.717, 1.165) is 44.9 Å². The van der Waals surface area contributed by atoms with Gasteiger partial charge in [-0.3, -0.25) is 4.79 Å². The first-order chi connectivity index (χ1) is 13.6. The predicted octanol–water partition coefficient (Wildman–Crippen LogP) is 8.78. The van der Waals surface area contributed by atoms with Crippen LogP contribution in [0.25, 0.3) is 0 Å². The number of rotatable bonds is 20. The van der Waals surface area contributed by atoms with Gasteiger partial charge in [-0.05, 0) is 50.9 Å². The molecule has 0 aliphatic carbocycles. The predicted molar refractivity (Wildman–Crippen MR) is 124 cm³/mol. The Morgan fingerprint density at radius 1 is 0.821 bits per heavy atom. The van der Waals surface area contributed by atoms with Crippen molar-refractivity contribution in [3.63, 3.8) is 0 Å². The van der Waals surface area contributed by atoms with Gasteiger partial charge in [-0.2, -0.15) is 0 Å². The molecule has 1 unspecified atom stereocenters. The van der Waals surface area contributed by atoms with Crippen molar-refractivity contribution in [2.75, 3.05) is 0 Å². The summed E-state index contributed by atoms with van der Waals surface area (Å²) < 4.78 is 6.34. The minimum atomic E-state index is -0.226. The number of ether oxygens (including phenoxy) is 1. The van der Waals surface area contributed by atoms with Crippen LogP contribution in [0.3, 0.4) is 0 Å². The van der Waals surface area contributed by atoms with Gasteiger partial charge in [0.1, 0.15) is 5.60 Å². The van der Waals surface area contributed by atoms with E-state index in [1.165, 1.54) is 57.8 Å². The van der Waals surface area contributed by atoms with Crippen LogP contribution in [0.5, 0.6) is 0 Å². The average molecular weight is 395 g/mol. The van der Waals surface area contributed by atoms with Crippen LogP contribution in [-0.2, 0) is 9.53 Å². The lowest BCUT2D eigenvalue weighted by Crippen LogP contribution is -2.43. The first-order valence-corrected chi connectivity index (χ1v) is 12.4. The fourth-order valence-corrected chi connectivity index (χ4v) is 4.58. The van der Waals surface area contributed by atoms with Crippen molar-refractivity contribution in [3.8, 4) is 0 Å². The zero-order chi connectivity index (χ0) is 21.1. The highest BCUT2D eigenvalue weighted by molar-refractivity contribution is 5.69. The van der Waals surface area contributed by atoms with E-state index in [1.54, 1.807) is 0 Å². The van der Waals surface area contributed by atoms with Gasteiger partial charge in [0.15, 0.2) is 0 Å². The lowest BCUT2D eigenvalue weighted by atomic mass is 9.75. The van der Waals surface area contributed by atoms with Crippen LogP contribution in [-0.4, -0.2) is 11.6 Å². The van der Waals surface area contributed by atoms with Gasteiger partial charge in [-0.1, -0.05) is 91.6 Å². The number of hydrogen-bond donors (Lipinski definition) is 0. The number of hydrogen-bond acceptors (Lipinski definition) is 2. The Kier molecular flexibility index (Phi) is 17.7. The average Bonchev–Trinajstić information content (AvgIpc) is 2.67. The number of carbonyl (C=O) groups is 1. The van der Waals surface area contributed by atoms with Gasteiger partial charge in [-0.25, -0.2) is 0 Å². The molecular weight excluding hydrogens is 344 g/mol. The Labute approximate surface area is 176 Å². The molecule has 0 radical (unpaired) electrons. The maximum absolute atomic E-state index is 12.7. The minimum absolute atomic E-state index is 0.0474. The van der Waals surface area contributed by atoms with Gasteiger partial charge in [0, 0.05) is 6.42 Å². The van der Waals surface area contributed by atoms with Crippen molar-refractivity contribution >= 4 is 5.97 Å². The van der Waals surface area contributed by atoms with Crippen LogP contribution >= 0.6 is 0 Å². The second-order valence-electron chi connectivity index (χ2n) is 8.62. The first kappa shape index (κ1) is 27.2. The molecule has 0 aliphatic heterocycles. The maximum Gasteiger partial charge on any atom is 0.306 e. The van der Waals surface area contributed by atoms with Crippen molar-refractivity contribution in [2.45, 2.75) is 142 Å². The van der Waals surface area contributed by atoms with Gasteiger partial charge in [0.2, 0.25) is 0 Å². The van der Waals surface area contributed by atoms with Gasteiger partial charge >= 0.3 is 5.97 Å². The standard InChI is InChI=1S/C26H50O2/c1-6-11-13-14-15-16-17-18-21-25(27)28-26(22-9-4,23-10-5)24(19-8-3)20-12-7-2/h6,24H,1,7-23H2,2-5H3. The van der Waals surface area contributed by atoms with E-state index in [4.69, 9.17) is 4.74 Å². The van der Waals surface area contributed by atoms with Crippen molar-refractivity contribution in [3.05, 3.63) is 12.7 Å². The molecule has 0 fully saturated rings. The summed E-state index contributed by atoms with van der Waals surface area (Å²) >= 11 is 0. The molecule has 0 saturated carbocycles. The smallest absolute Gasteiger partial charge is 0.306 e. The summed E-state index contributed by atoms with van der Waals surface area (Å²) in [5.74, 6) is 0.567. The Morgan fingerprint density at radius 3 is 1.96 bits per heavy atom. The first-order valence-electron chi connectivity index (χ1n) is 12.4. The van der Waals surface area contributed by atoms with E-state index in [2.05, 4.69) is 34.3 Å². The summed E-state index contributed by atoms with van der Waals surface area (Å²) in [5, 5.41) is 0. The molecule has 0 N–H and O–H groups in total. The minimum Gasteiger partial charge on any atom is -0.459 e. The zero-order valence-electron chi connectivity index (χ0n) is 19.7. The van der Waals surface area contributed by atoms with Crippen molar-refractivity contribution in [2.24, 2.45) is 5.92 Å². The summed E-state index contributed by atoms with van der Waals surface area (Å²) in [7, 11) is 0. The summed E-state index contributed by atoms with van der Waals surface area (Å²) in [5.41, 5.74) is -0.226. The van der Waals surface area contributed by atoms with Crippen LogP contribution < -0.4 is 0 Å². The second-order valence-corrected chi connectivity index (χ2v) is 8.62. The summed E-state index contributed by atoms with van der Waals surface area (Å²) in [6, 6.07) is 0. The van der Waals surface area contributed by atoms with E-state index < -0.39 is 0 Å². The number of allylic oxidation sites excluding steroid dienone is 1. The number of carbonyl (C=O) groups excluding carboxylic acids is 1. The van der Waals surface area contributed by atoms with E-state index in [0.29, 0.717) is 12.3 Å². The van der Waals surface area contributed by atoms with Gasteiger partial charge < -0.3 is 4.74 Å². The van der Waals surface area contributed by atoms with Gasteiger partial charge in [0.25, 0.3) is 0 Å². The van der Waals surface area contributed by atoms with Crippen LogP contribution in [0.1, 0.15) is 137 Å².